The summed E-state index contributed by atoms with van der Waals surface area (Å²) in [5.41, 5.74) is -0.577. The van der Waals surface area contributed by atoms with E-state index in [1.807, 2.05) is 0 Å². The molecule has 2 fully saturated rings. The van der Waals surface area contributed by atoms with Crippen molar-refractivity contribution in [3.63, 3.8) is 0 Å². The Morgan fingerprint density at radius 1 is 1.41 bits per heavy atom. The molecule has 17 heavy (non-hydrogen) atoms. The van der Waals surface area contributed by atoms with E-state index in [9.17, 15) is 13.6 Å². The van der Waals surface area contributed by atoms with E-state index >= 15 is 0 Å². The van der Waals surface area contributed by atoms with Crippen LogP contribution in [-0.4, -0.2) is 36.3 Å². The molecule has 2 rings (SSSR count). The molecule has 2 atom stereocenters. The molecule has 4 nitrogen and oxygen atoms in total. The van der Waals surface area contributed by atoms with Crippen LogP contribution < -0.4 is 10.6 Å². The predicted octanol–water partition coefficient (Wildman–Crippen LogP) is 1.67. The maximum Gasteiger partial charge on any atom is 0.405 e. The number of hydrogen-bond acceptors (Lipinski definition) is 2. The molecule has 1 heterocycles. The molecular formula is C11H18F2N2O2. The van der Waals surface area contributed by atoms with E-state index in [1.54, 1.807) is 0 Å². The minimum Gasteiger partial charge on any atom is -0.465 e. The smallest absolute Gasteiger partial charge is 0.405 e. The van der Waals surface area contributed by atoms with Crippen LogP contribution in [0.15, 0.2) is 0 Å². The van der Waals surface area contributed by atoms with E-state index < -0.39 is 29.4 Å². The van der Waals surface area contributed by atoms with Crippen LogP contribution in [0.1, 0.15) is 26.2 Å². The van der Waals surface area contributed by atoms with Crippen LogP contribution in [0.3, 0.4) is 0 Å². The van der Waals surface area contributed by atoms with E-state index in [1.165, 1.54) is 6.92 Å². The fourth-order valence-electron chi connectivity index (χ4n) is 3.35. The number of amides is 1. The molecule has 6 heteroatoms. The fourth-order valence-corrected chi connectivity index (χ4v) is 3.35. The van der Waals surface area contributed by atoms with Crippen LogP contribution in [0, 0.1) is 11.3 Å². The zero-order chi connectivity index (χ0) is 12.7. The van der Waals surface area contributed by atoms with Crippen molar-refractivity contribution >= 4 is 6.09 Å². The van der Waals surface area contributed by atoms with E-state index in [0.717, 1.165) is 0 Å². The number of halogens is 2. The molecule has 0 aromatic carbocycles. The van der Waals surface area contributed by atoms with Gasteiger partial charge in [-0.1, -0.05) is 6.92 Å². The van der Waals surface area contributed by atoms with Crippen molar-refractivity contribution in [3.05, 3.63) is 0 Å². The molecule has 0 bridgehead atoms. The summed E-state index contributed by atoms with van der Waals surface area (Å²) in [6, 6.07) is -1.25. The topological polar surface area (TPSA) is 61.4 Å². The first-order valence-electron chi connectivity index (χ1n) is 5.96. The highest BCUT2D eigenvalue weighted by molar-refractivity contribution is 5.65. The van der Waals surface area contributed by atoms with Crippen LogP contribution in [-0.2, 0) is 0 Å². The van der Waals surface area contributed by atoms with Crippen molar-refractivity contribution in [2.24, 2.45) is 11.3 Å². The van der Waals surface area contributed by atoms with Gasteiger partial charge in [-0.3, -0.25) is 0 Å². The number of rotatable bonds is 1. The van der Waals surface area contributed by atoms with Gasteiger partial charge in [-0.15, -0.1) is 0 Å². The molecule has 0 aromatic heterocycles. The van der Waals surface area contributed by atoms with Gasteiger partial charge in [-0.25, -0.2) is 13.6 Å². The zero-order valence-corrected chi connectivity index (χ0v) is 9.80. The third-order valence-electron chi connectivity index (χ3n) is 4.23. The number of piperidine rings is 1. The Hall–Kier alpha value is -0.910. The third-order valence-corrected chi connectivity index (χ3v) is 4.23. The highest BCUT2D eigenvalue weighted by atomic mass is 19.3. The number of alkyl halides is 2. The summed E-state index contributed by atoms with van der Waals surface area (Å²) in [6.45, 7) is 2.87. The summed E-state index contributed by atoms with van der Waals surface area (Å²) in [5, 5.41) is 13.9. The summed E-state index contributed by atoms with van der Waals surface area (Å²) in [5.74, 6) is -3.71. The van der Waals surface area contributed by atoms with Crippen molar-refractivity contribution in [1.29, 1.82) is 0 Å². The minimum absolute atomic E-state index is 0.395. The average molecular weight is 248 g/mol. The predicted molar refractivity (Wildman–Crippen MR) is 58.2 cm³/mol. The fraction of sp³-hybridized carbons (Fsp3) is 0.909. The van der Waals surface area contributed by atoms with Crippen LogP contribution in [0.5, 0.6) is 0 Å². The summed E-state index contributed by atoms with van der Waals surface area (Å²) in [4.78, 5) is 10.7. The molecule has 1 spiro atoms. The molecule has 1 saturated heterocycles. The van der Waals surface area contributed by atoms with Crippen LogP contribution in [0.4, 0.5) is 13.6 Å². The molecule has 1 aliphatic carbocycles. The first-order chi connectivity index (χ1) is 7.88. The maximum absolute atomic E-state index is 14.0. The van der Waals surface area contributed by atoms with Gasteiger partial charge in [0.25, 0.3) is 5.92 Å². The molecule has 3 N–H and O–H groups in total. The molecule has 2 unspecified atom stereocenters. The highest BCUT2D eigenvalue weighted by Crippen LogP contribution is 2.55. The van der Waals surface area contributed by atoms with Gasteiger partial charge in [0.2, 0.25) is 0 Å². The first kappa shape index (κ1) is 12.5. The lowest BCUT2D eigenvalue weighted by molar-refractivity contribution is -0.0662. The summed E-state index contributed by atoms with van der Waals surface area (Å²) < 4.78 is 28.1. The van der Waals surface area contributed by atoms with Crippen molar-refractivity contribution in [3.8, 4) is 0 Å². The van der Waals surface area contributed by atoms with Gasteiger partial charge >= 0.3 is 6.09 Å². The van der Waals surface area contributed by atoms with Crippen molar-refractivity contribution < 1.29 is 18.7 Å². The van der Waals surface area contributed by atoms with Crippen molar-refractivity contribution in [2.75, 3.05) is 13.1 Å². The second kappa shape index (κ2) is 4.08. The first-order valence-corrected chi connectivity index (χ1v) is 5.96. The van der Waals surface area contributed by atoms with Gasteiger partial charge in [0.05, 0.1) is 0 Å². The quantitative estimate of drug-likeness (QED) is 0.661. The van der Waals surface area contributed by atoms with E-state index in [0.29, 0.717) is 32.4 Å². The monoisotopic (exact) mass is 248 g/mol. The minimum atomic E-state index is -2.95. The number of carbonyl (C=O) groups is 1. The van der Waals surface area contributed by atoms with Gasteiger partial charge in [0, 0.05) is 5.92 Å². The Labute approximate surface area is 98.8 Å². The van der Waals surface area contributed by atoms with E-state index in [4.69, 9.17) is 5.11 Å². The van der Waals surface area contributed by atoms with Crippen LogP contribution >= 0.6 is 0 Å². The Bertz CT molecular complexity index is 317. The van der Waals surface area contributed by atoms with Crippen LogP contribution in [0.25, 0.3) is 0 Å². The average Bonchev–Trinajstić information content (AvgIpc) is 2.41. The highest BCUT2D eigenvalue weighted by Gasteiger charge is 2.63. The van der Waals surface area contributed by atoms with Crippen molar-refractivity contribution in [2.45, 2.75) is 38.2 Å². The lowest BCUT2D eigenvalue weighted by Gasteiger charge is -2.39. The van der Waals surface area contributed by atoms with Gasteiger partial charge in [0.15, 0.2) is 0 Å². The van der Waals surface area contributed by atoms with Gasteiger partial charge in [0.1, 0.15) is 6.04 Å². The Morgan fingerprint density at radius 2 is 2.00 bits per heavy atom. The maximum atomic E-state index is 14.0. The number of nitrogens with one attached hydrogen (secondary N) is 2. The second-order valence-electron chi connectivity index (χ2n) is 5.27. The molecule has 1 aliphatic heterocycles. The normalized spacial score (nSPS) is 34.8. The number of hydrogen-bond donors (Lipinski definition) is 3. The molecule has 1 saturated carbocycles. The summed E-state index contributed by atoms with van der Waals surface area (Å²) in [6.07, 6.45) is 0.254. The molecule has 0 aromatic rings. The molecular weight excluding hydrogens is 230 g/mol. The lowest BCUT2D eigenvalue weighted by Crippen LogP contribution is -2.55. The second-order valence-corrected chi connectivity index (χ2v) is 5.27. The molecule has 2 aliphatic rings. The summed E-state index contributed by atoms with van der Waals surface area (Å²) in [7, 11) is 0. The van der Waals surface area contributed by atoms with E-state index in [-0.39, 0.29) is 0 Å². The lowest BCUT2D eigenvalue weighted by atomic mass is 9.74. The van der Waals surface area contributed by atoms with Gasteiger partial charge in [-0.2, -0.15) is 0 Å². The molecule has 1 amide bonds. The number of carboxylic acid groups (broad SMARTS) is 1. The molecule has 0 radical (unpaired) electrons. The Morgan fingerprint density at radius 3 is 2.53 bits per heavy atom. The van der Waals surface area contributed by atoms with Crippen molar-refractivity contribution in [1.82, 2.24) is 10.6 Å². The standard InChI is InChI=1S/C11H18F2N2O2/c1-7-6-10(2-4-14-5-3-10)8(11(7,12)13)15-9(16)17/h7-8,14-15H,2-6H2,1H3,(H,16,17). The van der Waals surface area contributed by atoms with Gasteiger partial charge < -0.3 is 15.7 Å². The van der Waals surface area contributed by atoms with E-state index in [2.05, 4.69) is 10.6 Å². The third kappa shape index (κ3) is 1.99. The SMILES string of the molecule is CC1CC2(CCNCC2)C(NC(=O)O)C1(F)F. The zero-order valence-electron chi connectivity index (χ0n) is 9.80. The van der Waals surface area contributed by atoms with Gasteiger partial charge in [-0.05, 0) is 37.8 Å². The van der Waals surface area contributed by atoms with Crippen LogP contribution in [0.2, 0.25) is 0 Å². The summed E-state index contributed by atoms with van der Waals surface area (Å²) >= 11 is 0. The largest absolute Gasteiger partial charge is 0.465 e. The molecule has 98 valence electrons. The Balaban J connectivity index is 2.27. The Kier molecular flexibility index (Phi) is 3.01.